The average Bonchev–Trinajstić information content (AvgIpc) is 2.04. The summed E-state index contributed by atoms with van der Waals surface area (Å²) in [5.74, 6) is 0. The van der Waals surface area contributed by atoms with Crippen LogP contribution in [0.4, 0.5) is 0 Å². The Morgan fingerprint density at radius 2 is 1.94 bits per heavy atom. The van der Waals surface area contributed by atoms with E-state index in [-0.39, 0.29) is 0 Å². The lowest BCUT2D eigenvalue weighted by atomic mass is 9.88. The third-order valence-electron chi connectivity index (χ3n) is 2.79. The van der Waals surface area contributed by atoms with Gasteiger partial charge in [0.2, 0.25) is 10.0 Å². The van der Waals surface area contributed by atoms with Gasteiger partial charge in [-0.25, -0.2) is 13.1 Å². The summed E-state index contributed by atoms with van der Waals surface area (Å²) < 4.78 is 30.4. The van der Waals surface area contributed by atoms with Gasteiger partial charge in [0, 0.05) is 24.7 Å². The van der Waals surface area contributed by atoms with Crippen molar-refractivity contribution in [2.75, 3.05) is 19.4 Å². The van der Waals surface area contributed by atoms with Gasteiger partial charge in [0.25, 0.3) is 0 Å². The lowest BCUT2D eigenvalue weighted by Crippen LogP contribution is -2.55. The second kappa shape index (κ2) is 5.65. The molecule has 1 aliphatic rings. The largest absolute Gasteiger partial charge is 0.378 e. The molecule has 0 aromatic heterocycles. The summed E-state index contributed by atoms with van der Waals surface area (Å²) in [7, 11) is -3.15. The third-order valence-corrected chi connectivity index (χ3v) is 3.71. The highest BCUT2D eigenvalue weighted by atomic mass is 32.2. The van der Waals surface area contributed by atoms with E-state index in [1.165, 1.54) is 6.26 Å². The summed E-state index contributed by atoms with van der Waals surface area (Å²) in [6.45, 7) is 7.14. The lowest BCUT2D eigenvalue weighted by molar-refractivity contribution is -0.0107. The maximum atomic E-state index is 11.2. The van der Waals surface area contributed by atoms with Crippen molar-refractivity contribution < 1.29 is 13.2 Å². The zero-order valence-electron chi connectivity index (χ0n) is 11.1. The Labute approximate surface area is 104 Å². The van der Waals surface area contributed by atoms with Gasteiger partial charge in [-0.15, -0.1) is 0 Å². The van der Waals surface area contributed by atoms with Gasteiger partial charge in [0.1, 0.15) is 0 Å². The van der Waals surface area contributed by atoms with Gasteiger partial charge in [0.15, 0.2) is 0 Å². The van der Waals surface area contributed by atoms with E-state index in [1.54, 1.807) is 0 Å². The van der Waals surface area contributed by atoms with Crippen molar-refractivity contribution in [1.82, 2.24) is 10.0 Å². The number of ether oxygens (including phenoxy) is 1. The Balaban J connectivity index is 2.23. The van der Waals surface area contributed by atoms with Crippen LogP contribution in [0.1, 0.15) is 33.6 Å². The van der Waals surface area contributed by atoms with E-state index in [2.05, 4.69) is 10.0 Å². The predicted octanol–water partition coefficient (Wildman–Crippen LogP) is 0.471. The molecular formula is C11H24N2O3S. The molecule has 6 heteroatoms. The van der Waals surface area contributed by atoms with Crippen molar-refractivity contribution in [2.24, 2.45) is 0 Å². The first-order valence-electron chi connectivity index (χ1n) is 6.06. The van der Waals surface area contributed by atoms with Crippen LogP contribution in [0.5, 0.6) is 0 Å². The summed E-state index contributed by atoms with van der Waals surface area (Å²) >= 11 is 0. The van der Waals surface area contributed by atoms with Crippen molar-refractivity contribution in [3.63, 3.8) is 0 Å². The van der Waals surface area contributed by atoms with Crippen LogP contribution < -0.4 is 10.0 Å². The molecule has 0 heterocycles. The van der Waals surface area contributed by atoms with Crippen molar-refractivity contribution >= 4 is 10.0 Å². The zero-order valence-corrected chi connectivity index (χ0v) is 11.9. The lowest BCUT2D eigenvalue weighted by Gasteiger charge is -2.38. The Morgan fingerprint density at radius 1 is 1.35 bits per heavy atom. The standard InChI is InChI=1S/C11H24N2O3S/c1-5-16-10-6-9(7-10)12-8-11(2,3)13-17(4,14)15/h9-10,12-13H,5-8H2,1-4H3. The van der Waals surface area contributed by atoms with Crippen molar-refractivity contribution in [2.45, 2.75) is 51.3 Å². The van der Waals surface area contributed by atoms with Gasteiger partial charge in [-0.05, 0) is 33.6 Å². The van der Waals surface area contributed by atoms with Crippen LogP contribution in [0.25, 0.3) is 0 Å². The highest BCUT2D eigenvalue weighted by molar-refractivity contribution is 7.88. The molecule has 102 valence electrons. The first-order chi connectivity index (χ1) is 7.72. The third kappa shape index (κ3) is 5.81. The van der Waals surface area contributed by atoms with Gasteiger partial charge in [-0.1, -0.05) is 0 Å². The molecule has 0 bridgehead atoms. The molecule has 0 aromatic carbocycles. The van der Waals surface area contributed by atoms with E-state index in [9.17, 15) is 8.42 Å². The maximum Gasteiger partial charge on any atom is 0.209 e. The second-order valence-corrected chi connectivity index (χ2v) is 7.13. The molecule has 1 rings (SSSR count). The first-order valence-corrected chi connectivity index (χ1v) is 7.95. The van der Waals surface area contributed by atoms with E-state index in [4.69, 9.17) is 4.74 Å². The maximum absolute atomic E-state index is 11.2. The summed E-state index contributed by atoms with van der Waals surface area (Å²) in [6, 6.07) is 0.451. The second-order valence-electron chi connectivity index (χ2n) is 5.38. The highest BCUT2D eigenvalue weighted by Gasteiger charge is 2.31. The summed E-state index contributed by atoms with van der Waals surface area (Å²) in [5, 5.41) is 3.36. The predicted molar refractivity (Wildman–Crippen MR) is 68.5 cm³/mol. The molecule has 0 aromatic rings. The number of hydrogen-bond acceptors (Lipinski definition) is 4. The van der Waals surface area contributed by atoms with Crippen LogP contribution in [0.2, 0.25) is 0 Å². The normalized spacial score (nSPS) is 25.6. The smallest absolute Gasteiger partial charge is 0.209 e. The van der Waals surface area contributed by atoms with Crippen LogP contribution in [-0.2, 0) is 14.8 Å². The first kappa shape index (κ1) is 14.9. The Kier molecular flexibility index (Phi) is 4.95. The van der Waals surface area contributed by atoms with Gasteiger partial charge in [0.05, 0.1) is 12.4 Å². The molecule has 1 saturated carbocycles. The monoisotopic (exact) mass is 264 g/mol. The fraction of sp³-hybridized carbons (Fsp3) is 1.00. The minimum absolute atomic E-state index is 0.378. The van der Waals surface area contributed by atoms with Crippen LogP contribution in [0, 0.1) is 0 Å². The molecule has 17 heavy (non-hydrogen) atoms. The molecule has 0 saturated heterocycles. The van der Waals surface area contributed by atoms with Gasteiger partial charge < -0.3 is 10.1 Å². The average molecular weight is 264 g/mol. The molecule has 2 N–H and O–H groups in total. The molecule has 0 aliphatic heterocycles. The summed E-state index contributed by atoms with van der Waals surface area (Å²) in [6.07, 6.45) is 3.60. The summed E-state index contributed by atoms with van der Waals surface area (Å²) in [5.41, 5.74) is -0.454. The van der Waals surface area contributed by atoms with E-state index < -0.39 is 15.6 Å². The molecular weight excluding hydrogens is 240 g/mol. The number of rotatable bonds is 7. The van der Waals surface area contributed by atoms with E-state index in [0.717, 1.165) is 19.4 Å². The van der Waals surface area contributed by atoms with Crippen molar-refractivity contribution in [3.8, 4) is 0 Å². The fourth-order valence-electron chi connectivity index (χ4n) is 2.04. The molecule has 0 radical (unpaired) electrons. The SMILES string of the molecule is CCOC1CC(NCC(C)(C)NS(C)(=O)=O)C1. The molecule has 0 spiro atoms. The Morgan fingerprint density at radius 3 is 2.41 bits per heavy atom. The quantitative estimate of drug-likeness (QED) is 0.701. The van der Waals surface area contributed by atoms with Crippen LogP contribution in [0.3, 0.4) is 0 Å². The number of nitrogens with one attached hydrogen (secondary N) is 2. The van der Waals surface area contributed by atoms with Gasteiger partial charge >= 0.3 is 0 Å². The fourth-order valence-corrected chi connectivity index (χ4v) is 3.12. The summed E-state index contributed by atoms with van der Waals surface area (Å²) in [4.78, 5) is 0. The Bertz CT molecular complexity index is 335. The van der Waals surface area contributed by atoms with Crippen LogP contribution in [-0.4, -0.2) is 45.5 Å². The molecule has 1 fully saturated rings. The molecule has 0 atom stereocenters. The molecule has 1 aliphatic carbocycles. The van der Waals surface area contributed by atoms with Crippen LogP contribution >= 0.6 is 0 Å². The van der Waals surface area contributed by atoms with Crippen molar-refractivity contribution in [1.29, 1.82) is 0 Å². The van der Waals surface area contributed by atoms with Crippen molar-refractivity contribution in [3.05, 3.63) is 0 Å². The molecule has 0 amide bonds. The highest BCUT2D eigenvalue weighted by Crippen LogP contribution is 2.23. The number of hydrogen-bond donors (Lipinski definition) is 2. The number of sulfonamides is 1. The minimum atomic E-state index is -3.15. The minimum Gasteiger partial charge on any atom is -0.378 e. The van der Waals surface area contributed by atoms with E-state index >= 15 is 0 Å². The Hall–Kier alpha value is -0.170. The van der Waals surface area contributed by atoms with Gasteiger partial charge in [-0.3, -0.25) is 0 Å². The molecule has 0 unspecified atom stereocenters. The topological polar surface area (TPSA) is 67.4 Å². The van der Waals surface area contributed by atoms with E-state index in [1.807, 2.05) is 20.8 Å². The van der Waals surface area contributed by atoms with Crippen LogP contribution in [0.15, 0.2) is 0 Å². The zero-order chi connectivity index (χ0) is 13.1. The van der Waals surface area contributed by atoms with Gasteiger partial charge in [-0.2, -0.15) is 0 Å². The van der Waals surface area contributed by atoms with E-state index in [0.29, 0.717) is 18.7 Å². The molecule has 5 nitrogen and oxygen atoms in total.